The van der Waals surface area contributed by atoms with E-state index >= 15 is 0 Å². The van der Waals surface area contributed by atoms with E-state index < -0.39 is 0 Å². The number of hydrogen-bond acceptors (Lipinski definition) is 6. The topological polar surface area (TPSA) is 76.3 Å². The van der Waals surface area contributed by atoms with Crippen molar-refractivity contribution < 1.29 is 18.8 Å². The number of nitrogens with one attached hydrogen (secondary N) is 1. The minimum absolute atomic E-state index is 0.180. The molecule has 1 aromatic rings. The molecule has 3 aliphatic heterocycles. The first kappa shape index (κ1) is 14.7. The molecule has 0 bridgehead atoms. The van der Waals surface area contributed by atoms with Gasteiger partial charge in [0.25, 0.3) is 5.91 Å². The number of ether oxygens (including phenoxy) is 1. The summed E-state index contributed by atoms with van der Waals surface area (Å²) in [4.78, 5) is 20.3. The molecule has 1 aromatic heterocycles. The van der Waals surface area contributed by atoms with E-state index in [-0.39, 0.29) is 11.5 Å². The SMILES string of the molecule is O=C(NCc1ccco1)C1=NO[C@]2(CCN([C@@H]3CCOC3)C2)C1. The standard InChI is InChI=1S/C16H21N3O4/c20-15(17-9-13-2-1-6-22-13)14-8-16(23-18-14)4-5-19(11-16)12-3-7-21-10-12/h1-2,6,12H,3-5,7-11H2,(H,17,20)/t12-,16-/m1/s1. The van der Waals surface area contributed by atoms with Crippen molar-refractivity contribution in [3.05, 3.63) is 24.2 Å². The van der Waals surface area contributed by atoms with Gasteiger partial charge < -0.3 is 19.3 Å². The van der Waals surface area contributed by atoms with Crippen LogP contribution in [0, 0.1) is 0 Å². The van der Waals surface area contributed by atoms with Gasteiger partial charge in [-0.3, -0.25) is 9.69 Å². The Morgan fingerprint density at radius 1 is 1.52 bits per heavy atom. The van der Waals surface area contributed by atoms with E-state index in [9.17, 15) is 4.79 Å². The minimum Gasteiger partial charge on any atom is -0.467 e. The van der Waals surface area contributed by atoms with E-state index in [0.29, 0.717) is 24.7 Å². The molecule has 124 valence electrons. The van der Waals surface area contributed by atoms with Gasteiger partial charge in [0.2, 0.25) is 0 Å². The molecule has 7 heteroatoms. The predicted molar refractivity (Wildman–Crippen MR) is 81.8 cm³/mol. The summed E-state index contributed by atoms with van der Waals surface area (Å²) in [7, 11) is 0. The Balaban J connectivity index is 1.30. The molecule has 0 saturated carbocycles. The number of amides is 1. The van der Waals surface area contributed by atoms with Crippen LogP contribution < -0.4 is 5.32 Å². The first-order valence-electron chi connectivity index (χ1n) is 8.12. The summed E-state index contributed by atoms with van der Waals surface area (Å²) in [6.07, 6.45) is 4.14. The van der Waals surface area contributed by atoms with E-state index in [0.717, 1.165) is 44.9 Å². The molecule has 0 radical (unpaired) electrons. The van der Waals surface area contributed by atoms with E-state index in [2.05, 4.69) is 15.4 Å². The molecule has 1 spiro atoms. The smallest absolute Gasteiger partial charge is 0.269 e. The van der Waals surface area contributed by atoms with E-state index in [1.807, 2.05) is 6.07 Å². The van der Waals surface area contributed by atoms with Gasteiger partial charge in [0.15, 0.2) is 5.60 Å². The lowest BCUT2D eigenvalue weighted by Crippen LogP contribution is -2.40. The average Bonchev–Trinajstić information content (AvgIpc) is 3.35. The number of rotatable bonds is 4. The van der Waals surface area contributed by atoms with E-state index in [1.54, 1.807) is 12.3 Å². The molecular formula is C16H21N3O4. The molecule has 4 rings (SSSR count). The molecule has 3 aliphatic rings. The Labute approximate surface area is 134 Å². The lowest BCUT2D eigenvalue weighted by Gasteiger charge is -2.25. The fourth-order valence-electron chi connectivity index (χ4n) is 3.54. The van der Waals surface area contributed by atoms with E-state index in [4.69, 9.17) is 14.0 Å². The van der Waals surface area contributed by atoms with Crippen molar-refractivity contribution in [2.24, 2.45) is 5.16 Å². The summed E-state index contributed by atoms with van der Waals surface area (Å²) in [5, 5.41) is 6.87. The monoisotopic (exact) mass is 319 g/mol. The molecule has 0 aromatic carbocycles. The second kappa shape index (κ2) is 5.98. The van der Waals surface area contributed by atoms with Gasteiger partial charge in [0.1, 0.15) is 11.5 Å². The van der Waals surface area contributed by atoms with Gasteiger partial charge >= 0.3 is 0 Å². The van der Waals surface area contributed by atoms with Gasteiger partial charge in [-0.05, 0) is 18.6 Å². The number of oxime groups is 1. The summed E-state index contributed by atoms with van der Waals surface area (Å²) in [5.74, 6) is 0.543. The van der Waals surface area contributed by atoms with Crippen molar-refractivity contribution in [3.8, 4) is 0 Å². The van der Waals surface area contributed by atoms with Crippen LogP contribution in [-0.4, -0.2) is 54.5 Å². The van der Waals surface area contributed by atoms with Gasteiger partial charge in [-0.15, -0.1) is 0 Å². The maximum absolute atomic E-state index is 12.2. The molecule has 2 fully saturated rings. The van der Waals surface area contributed by atoms with Crippen LogP contribution in [0.15, 0.2) is 28.0 Å². The van der Waals surface area contributed by atoms with Crippen molar-refractivity contribution in [2.45, 2.75) is 37.5 Å². The van der Waals surface area contributed by atoms with Crippen LogP contribution in [0.3, 0.4) is 0 Å². The van der Waals surface area contributed by atoms with Gasteiger partial charge in [-0.1, -0.05) is 5.16 Å². The molecule has 2 atom stereocenters. The van der Waals surface area contributed by atoms with Crippen LogP contribution in [0.1, 0.15) is 25.0 Å². The first-order chi connectivity index (χ1) is 11.2. The highest BCUT2D eigenvalue weighted by molar-refractivity contribution is 6.39. The van der Waals surface area contributed by atoms with Crippen LogP contribution in [0.4, 0.5) is 0 Å². The molecular weight excluding hydrogens is 298 g/mol. The van der Waals surface area contributed by atoms with Gasteiger partial charge in [0.05, 0.1) is 19.4 Å². The fourth-order valence-corrected chi connectivity index (χ4v) is 3.54. The van der Waals surface area contributed by atoms with Gasteiger partial charge in [-0.2, -0.15) is 0 Å². The summed E-state index contributed by atoms with van der Waals surface area (Å²) < 4.78 is 10.7. The zero-order valence-corrected chi connectivity index (χ0v) is 13.0. The molecule has 2 saturated heterocycles. The number of carbonyl (C=O) groups excluding carboxylic acids is 1. The molecule has 23 heavy (non-hydrogen) atoms. The van der Waals surface area contributed by atoms with Crippen molar-refractivity contribution in [3.63, 3.8) is 0 Å². The highest BCUT2D eigenvalue weighted by Crippen LogP contribution is 2.35. The molecule has 0 unspecified atom stereocenters. The summed E-state index contributed by atoms with van der Waals surface area (Å²) >= 11 is 0. The van der Waals surface area contributed by atoms with Crippen LogP contribution in [-0.2, 0) is 20.9 Å². The molecule has 1 N–H and O–H groups in total. The first-order valence-corrected chi connectivity index (χ1v) is 8.12. The van der Waals surface area contributed by atoms with Gasteiger partial charge in [-0.25, -0.2) is 0 Å². The third-order valence-corrected chi connectivity index (χ3v) is 4.87. The number of carbonyl (C=O) groups is 1. The molecule has 7 nitrogen and oxygen atoms in total. The summed E-state index contributed by atoms with van der Waals surface area (Å²) in [5.41, 5.74) is 0.140. The zero-order chi connectivity index (χ0) is 15.7. The normalized spacial score (nSPS) is 30.6. The van der Waals surface area contributed by atoms with Crippen LogP contribution in [0.2, 0.25) is 0 Å². The third kappa shape index (κ3) is 2.98. The van der Waals surface area contributed by atoms with Crippen LogP contribution in [0.5, 0.6) is 0 Å². The van der Waals surface area contributed by atoms with E-state index in [1.165, 1.54) is 0 Å². The highest BCUT2D eigenvalue weighted by Gasteiger charge is 2.48. The lowest BCUT2D eigenvalue weighted by molar-refractivity contribution is -0.115. The van der Waals surface area contributed by atoms with Crippen LogP contribution in [0.25, 0.3) is 0 Å². The summed E-state index contributed by atoms with van der Waals surface area (Å²) in [6, 6.07) is 4.11. The number of furan rings is 1. The van der Waals surface area contributed by atoms with Crippen molar-refractivity contribution in [1.29, 1.82) is 0 Å². The number of likely N-dealkylation sites (tertiary alicyclic amines) is 1. The molecule has 1 amide bonds. The quantitative estimate of drug-likeness (QED) is 0.892. The second-order valence-electron chi connectivity index (χ2n) is 6.49. The third-order valence-electron chi connectivity index (χ3n) is 4.87. The zero-order valence-electron chi connectivity index (χ0n) is 13.0. The molecule has 0 aliphatic carbocycles. The average molecular weight is 319 g/mol. The Kier molecular flexibility index (Phi) is 3.82. The number of hydrogen-bond donors (Lipinski definition) is 1. The lowest BCUT2D eigenvalue weighted by atomic mass is 9.96. The predicted octanol–water partition coefficient (Wildman–Crippen LogP) is 0.905. The minimum atomic E-state index is -0.333. The fraction of sp³-hybridized carbons (Fsp3) is 0.625. The van der Waals surface area contributed by atoms with Crippen LogP contribution >= 0.6 is 0 Å². The Bertz CT molecular complexity index is 594. The molecule has 4 heterocycles. The second-order valence-corrected chi connectivity index (χ2v) is 6.49. The maximum Gasteiger partial charge on any atom is 0.269 e. The largest absolute Gasteiger partial charge is 0.467 e. The van der Waals surface area contributed by atoms with Gasteiger partial charge in [0, 0.05) is 38.6 Å². The Hall–Kier alpha value is -1.86. The van der Waals surface area contributed by atoms with Crippen molar-refractivity contribution in [1.82, 2.24) is 10.2 Å². The van der Waals surface area contributed by atoms with Crippen molar-refractivity contribution >= 4 is 11.6 Å². The maximum atomic E-state index is 12.2. The highest BCUT2D eigenvalue weighted by atomic mass is 16.7. The Morgan fingerprint density at radius 3 is 3.26 bits per heavy atom. The number of nitrogens with zero attached hydrogens (tertiary/aromatic N) is 2. The summed E-state index contributed by atoms with van der Waals surface area (Å²) in [6.45, 7) is 3.80. The van der Waals surface area contributed by atoms with Crippen molar-refractivity contribution in [2.75, 3.05) is 26.3 Å². The Morgan fingerprint density at radius 2 is 2.48 bits per heavy atom.